The molecule has 22 heavy (non-hydrogen) atoms. The van der Waals surface area contributed by atoms with E-state index in [0.29, 0.717) is 0 Å². The van der Waals surface area contributed by atoms with E-state index in [0.717, 1.165) is 12.8 Å². The van der Waals surface area contributed by atoms with Crippen LogP contribution >= 0.6 is 24.8 Å². The Bertz CT molecular complexity index is 236. The third kappa shape index (κ3) is 69.2. The van der Waals surface area contributed by atoms with Gasteiger partial charge in [0.15, 0.2) is 0 Å². The molecule has 0 heterocycles. The minimum atomic E-state index is 0. The summed E-state index contributed by atoms with van der Waals surface area (Å²) in [5.74, 6) is 0. The number of hydrogen-bond donors (Lipinski definition) is 0. The molecule has 0 aromatic rings. The van der Waals surface area contributed by atoms with E-state index in [2.05, 4.69) is 63.6 Å². The van der Waals surface area contributed by atoms with E-state index in [9.17, 15) is 0 Å². The van der Waals surface area contributed by atoms with Crippen molar-refractivity contribution in [2.24, 2.45) is 0 Å². The molecule has 6 heteroatoms. The van der Waals surface area contributed by atoms with Crippen molar-refractivity contribution in [3.05, 3.63) is 48.6 Å². The van der Waals surface area contributed by atoms with Crippen molar-refractivity contribution in [2.75, 3.05) is 0 Å². The van der Waals surface area contributed by atoms with Gasteiger partial charge in [-0.2, -0.15) is 12.2 Å². The van der Waals surface area contributed by atoms with Gasteiger partial charge in [-0.1, -0.05) is 39.3 Å². The van der Waals surface area contributed by atoms with Crippen molar-refractivity contribution >= 4 is 49.3 Å². The van der Waals surface area contributed by atoms with Gasteiger partial charge < -0.3 is 0 Å². The normalized spacial score (nSPS) is 11.5. The molecule has 0 atom stereocenters. The standard InChI is InChI=1S/2C5H5.2C3H9Si.2ClH.H2Si.Zr/c2*1-2-4-5-3-1;2*1-4(2)3;;;;/h2*1-3H,4H2;2*1-3H3;2*1H;1H2;/q2*-1;;;;;;+2. The van der Waals surface area contributed by atoms with Crippen LogP contribution in [0, 0.1) is 12.2 Å². The third-order valence-electron chi connectivity index (χ3n) is 1.17. The summed E-state index contributed by atoms with van der Waals surface area (Å²) in [6, 6.07) is 0. The van der Waals surface area contributed by atoms with Crippen molar-refractivity contribution in [1.82, 2.24) is 0 Å². The second-order valence-electron chi connectivity index (χ2n) is 5.01. The molecular formula is C16H32Cl2Si3Zr. The SMILES string of the molecule is C[Si](C)C.C[Si](C)C.Cl.Cl.[C-]1=CC=CC1.[C-]1=CC=CC1.[SiH2]=[Zr+2]. The Labute approximate surface area is 172 Å². The quantitative estimate of drug-likeness (QED) is 0.334. The van der Waals surface area contributed by atoms with Gasteiger partial charge in [0, 0.05) is 17.6 Å². The summed E-state index contributed by atoms with van der Waals surface area (Å²) in [5, 5.41) is 0. The molecule has 2 radical (unpaired) electrons. The van der Waals surface area contributed by atoms with E-state index in [4.69, 9.17) is 0 Å². The second kappa shape index (κ2) is 33.6. The number of allylic oxidation sites excluding steroid dienone is 8. The Morgan fingerprint density at radius 2 is 0.955 bits per heavy atom. The molecule has 0 unspecified atom stereocenters. The monoisotopic (exact) mass is 468 g/mol. The first-order valence-corrected chi connectivity index (χ1v) is 18.7. The summed E-state index contributed by atoms with van der Waals surface area (Å²) >= 11 is 1.58. The van der Waals surface area contributed by atoms with Crippen molar-refractivity contribution in [2.45, 2.75) is 52.1 Å². The van der Waals surface area contributed by atoms with E-state index < -0.39 is 0 Å². The summed E-state index contributed by atoms with van der Waals surface area (Å²) in [6.07, 6.45) is 20.0. The van der Waals surface area contributed by atoms with E-state index in [1.165, 1.54) is 0 Å². The van der Waals surface area contributed by atoms with Gasteiger partial charge in [0.05, 0.1) is 0 Å². The Morgan fingerprint density at radius 3 is 1.00 bits per heavy atom. The van der Waals surface area contributed by atoms with Gasteiger partial charge in [0.1, 0.15) is 0 Å². The van der Waals surface area contributed by atoms with Crippen LogP contribution in [0.15, 0.2) is 36.5 Å². The average molecular weight is 471 g/mol. The summed E-state index contributed by atoms with van der Waals surface area (Å²) in [5.41, 5.74) is 0. The van der Waals surface area contributed by atoms with Crippen molar-refractivity contribution in [3.63, 3.8) is 0 Å². The molecule has 2 aliphatic rings. The van der Waals surface area contributed by atoms with Crippen LogP contribution in [-0.2, 0) is 23.3 Å². The zero-order valence-corrected chi connectivity index (χ0v) is 22.4. The van der Waals surface area contributed by atoms with Gasteiger partial charge in [-0.25, -0.2) is 24.3 Å². The van der Waals surface area contributed by atoms with Gasteiger partial charge in [-0.15, -0.1) is 37.7 Å². The fourth-order valence-corrected chi connectivity index (χ4v) is 0.680. The van der Waals surface area contributed by atoms with Crippen LogP contribution < -0.4 is 0 Å². The van der Waals surface area contributed by atoms with Gasteiger partial charge in [0.2, 0.25) is 0 Å². The topological polar surface area (TPSA) is 0 Å². The molecule has 2 rings (SSSR count). The second-order valence-corrected chi connectivity index (χ2v) is 11.0. The van der Waals surface area contributed by atoms with Crippen LogP contribution in [0.25, 0.3) is 0 Å². The number of halogens is 2. The zero-order chi connectivity index (χ0) is 16.2. The van der Waals surface area contributed by atoms with E-state index in [1.807, 2.05) is 31.2 Å². The zero-order valence-electron chi connectivity index (χ0n) is 14.9. The first-order valence-electron chi connectivity index (χ1n) is 6.79. The molecule has 0 spiro atoms. The molecule has 0 aliphatic heterocycles. The molecule has 0 N–H and O–H groups in total. The minimum absolute atomic E-state index is 0. The molecule has 0 bridgehead atoms. The molecular weight excluding hydrogens is 439 g/mol. The molecule has 0 fully saturated rings. The molecule has 2 aliphatic carbocycles. The number of rotatable bonds is 0. The first-order chi connectivity index (χ1) is 9.46. The Morgan fingerprint density at radius 1 is 0.727 bits per heavy atom. The van der Waals surface area contributed by atoms with Crippen molar-refractivity contribution < 1.29 is 23.3 Å². The van der Waals surface area contributed by atoms with E-state index >= 15 is 0 Å². The van der Waals surface area contributed by atoms with Gasteiger partial charge in [-0.05, 0) is 0 Å². The average Bonchev–Trinajstić information content (AvgIpc) is 3.09. The Kier molecular flexibility index (Phi) is 52.6. The molecule has 0 amide bonds. The van der Waals surface area contributed by atoms with Crippen LogP contribution in [0.5, 0.6) is 0 Å². The van der Waals surface area contributed by atoms with E-state index in [-0.39, 0.29) is 42.4 Å². The molecule has 0 saturated carbocycles. The summed E-state index contributed by atoms with van der Waals surface area (Å²) < 4.78 is 0. The van der Waals surface area contributed by atoms with Crippen LogP contribution in [0.4, 0.5) is 0 Å². The maximum atomic E-state index is 2.99. The van der Waals surface area contributed by atoms with Gasteiger partial charge >= 0.3 is 30.2 Å². The molecule has 0 aromatic heterocycles. The van der Waals surface area contributed by atoms with Crippen LogP contribution in [0.2, 0.25) is 39.3 Å². The van der Waals surface area contributed by atoms with Crippen molar-refractivity contribution in [1.29, 1.82) is 0 Å². The van der Waals surface area contributed by atoms with Crippen LogP contribution in [-0.4, -0.2) is 24.5 Å². The molecule has 0 nitrogen and oxygen atoms in total. The maximum absolute atomic E-state index is 2.99. The number of hydrogen-bond acceptors (Lipinski definition) is 0. The summed E-state index contributed by atoms with van der Waals surface area (Å²) in [6.45, 7) is 15.6. The fourth-order valence-electron chi connectivity index (χ4n) is 0.680. The first kappa shape index (κ1) is 34.4. The molecule has 126 valence electrons. The van der Waals surface area contributed by atoms with Crippen LogP contribution in [0.3, 0.4) is 0 Å². The van der Waals surface area contributed by atoms with Gasteiger partial charge in [-0.3, -0.25) is 12.2 Å². The predicted octanol–water partition coefficient (Wildman–Crippen LogP) is 5.28. The van der Waals surface area contributed by atoms with Crippen molar-refractivity contribution in [3.8, 4) is 0 Å². The fraction of sp³-hybridized carbons (Fsp3) is 0.500. The molecule has 0 saturated heterocycles. The predicted molar refractivity (Wildman–Crippen MR) is 113 cm³/mol. The van der Waals surface area contributed by atoms with E-state index in [1.54, 1.807) is 23.3 Å². The van der Waals surface area contributed by atoms with Gasteiger partial charge in [0.25, 0.3) is 0 Å². The van der Waals surface area contributed by atoms with Crippen LogP contribution in [0.1, 0.15) is 12.8 Å². The third-order valence-corrected chi connectivity index (χ3v) is 1.17. The summed E-state index contributed by atoms with van der Waals surface area (Å²) in [7, 11) is 0.241. The molecule has 0 aromatic carbocycles. The Balaban J connectivity index is -0.0000000551. The summed E-state index contributed by atoms with van der Waals surface area (Å²) in [4.78, 5) is 0. The Hall–Kier alpha value is 1.07.